The summed E-state index contributed by atoms with van der Waals surface area (Å²) < 4.78 is 6.20. The molecule has 0 bridgehead atoms. The van der Waals surface area contributed by atoms with Crippen LogP contribution in [0.15, 0.2) is 24.3 Å². The number of carbonyl (C=O) groups is 2. The summed E-state index contributed by atoms with van der Waals surface area (Å²) in [7, 11) is 0. The normalized spacial score (nSPS) is 22.0. The lowest BCUT2D eigenvalue weighted by Crippen LogP contribution is -2.49. The molecule has 2 atom stereocenters. The highest BCUT2D eigenvalue weighted by molar-refractivity contribution is 14.1. The average molecular weight is 401 g/mol. The van der Waals surface area contributed by atoms with E-state index in [-0.39, 0.29) is 24.6 Å². The maximum absolute atomic E-state index is 12.3. The van der Waals surface area contributed by atoms with Gasteiger partial charge in [0.25, 0.3) is 5.91 Å². The Morgan fingerprint density at radius 2 is 1.76 bits per heavy atom. The van der Waals surface area contributed by atoms with Gasteiger partial charge in [-0.25, -0.2) is 4.79 Å². The van der Waals surface area contributed by atoms with E-state index in [0.29, 0.717) is 5.56 Å². The number of esters is 1. The summed E-state index contributed by atoms with van der Waals surface area (Å²) in [6.45, 7) is 3.92. The lowest BCUT2D eigenvalue weighted by molar-refractivity contribution is -0.140. The quantitative estimate of drug-likeness (QED) is 0.577. The predicted molar refractivity (Wildman–Crippen MR) is 89.1 cm³/mol. The van der Waals surface area contributed by atoms with Gasteiger partial charge in [0.05, 0.1) is 5.56 Å². The number of amides is 1. The Labute approximate surface area is 139 Å². The van der Waals surface area contributed by atoms with Crippen LogP contribution in [-0.4, -0.2) is 35.5 Å². The molecule has 0 aromatic heterocycles. The van der Waals surface area contributed by atoms with Crippen molar-refractivity contribution in [3.05, 3.63) is 33.4 Å². The fourth-order valence-electron chi connectivity index (χ4n) is 2.78. The molecule has 0 saturated carbocycles. The maximum atomic E-state index is 12.3. The van der Waals surface area contributed by atoms with Crippen LogP contribution in [0.4, 0.5) is 0 Å². The van der Waals surface area contributed by atoms with Gasteiger partial charge in [0.2, 0.25) is 0 Å². The van der Waals surface area contributed by atoms with Crippen LogP contribution >= 0.6 is 22.6 Å². The van der Waals surface area contributed by atoms with Gasteiger partial charge in [-0.05, 0) is 80.0 Å². The molecule has 1 amide bonds. The van der Waals surface area contributed by atoms with Gasteiger partial charge >= 0.3 is 5.97 Å². The molecule has 1 aromatic carbocycles. The number of piperidine rings is 1. The van der Waals surface area contributed by atoms with Crippen molar-refractivity contribution in [2.45, 2.75) is 45.2 Å². The van der Waals surface area contributed by atoms with Crippen molar-refractivity contribution in [1.29, 1.82) is 0 Å². The summed E-state index contributed by atoms with van der Waals surface area (Å²) in [5.74, 6) is -0.550. The van der Waals surface area contributed by atoms with Crippen molar-refractivity contribution in [3.63, 3.8) is 0 Å². The molecule has 1 heterocycles. The summed E-state index contributed by atoms with van der Waals surface area (Å²) in [6.07, 6.45) is 3.18. The van der Waals surface area contributed by atoms with Gasteiger partial charge in [-0.3, -0.25) is 4.79 Å². The number of benzene rings is 1. The molecule has 1 fully saturated rings. The molecule has 1 aliphatic heterocycles. The molecule has 1 aromatic rings. The standard InChI is InChI=1S/C16H20INO3/c1-11-4-3-5-12(2)18(11)15(19)10-21-16(20)13-6-8-14(17)9-7-13/h6-9,11-12H,3-5,10H2,1-2H3/t11-,12-/m0/s1. The molecule has 1 saturated heterocycles. The average Bonchev–Trinajstić information content (AvgIpc) is 2.45. The Morgan fingerprint density at radius 1 is 1.19 bits per heavy atom. The largest absolute Gasteiger partial charge is 0.452 e. The summed E-state index contributed by atoms with van der Waals surface area (Å²) >= 11 is 2.17. The Hall–Kier alpha value is -1.11. The first-order valence-electron chi connectivity index (χ1n) is 7.23. The van der Waals surface area contributed by atoms with E-state index in [4.69, 9.17) is 4.74 Å². The van der Waals surface area contributed by atoms with Crippen LogP contribution in [0.2, 0.25) is 0 Å². The second-order valence-corrected chi connectivity index (χ2v) is 6.76. The molecular weight excluding hydrogens is 381 g/mol. The first-order chi connectivity index (χ1) is 9.99. The fourth-order valence-corrected chi connectivity index (χ4v) is 3.14. The number of hydrogen-bond acceptors (Lipinski definition) is 3. The minimum Gasteiger partial charge on any atom is -0.452 e. The summed E-state index contributed by atoms with van der Waals surface area (Å²) in [5, 5.41) is 0. The van der Waals surface area contributed by atoms with Crippen molar-refractivity contribution in [2.75, 3.05) is 6.61 Å². The van der Waals surface area contributed by atoms with Gasteiger partial charge in [-0.15, -0.1) is 0 Å². The molecular formula is C16H20INO3. The topological polar surface area (TPSA) is 46.6 Å². The second-order valence-electron chi connectivity index (χ2n) is 5.51. The summed E-state index contributed by atoms with van der Waals surface area (Å²) in [6, 6.07) is 7.54. The van der Waals surface area contributed by atoms with Gasteiger partial charge in [0, 0.05) is 15.7 Å². The first-order valence-corrected chi connectivity index (χ1v) is 8.30. The summed E-state index contributed by atoms with van der Waals surface area (Å²) in [5.41, 5.74) is 0.475. The van der Waals surface area contributed by atoms with Gasteiger partial charge in [-0.1, -0.05) is 0 Å². The number of halogens is 1. The third-order valence-electron chi connectivity index (χ3n) is 3.89. The highest BCUT2D eigenvalue weighted by atomic mass is 127. The minimum absolute atomic E-state index is 0.103. The lowest BCUT2D eigenvalue weighted by atomic mass is 9.97. The fraction of sp³-hybridized carbons (Fsp3) is 0.500. The van der Waals surface area contributed by atoms with E-state index >= 15 is 0 Å². The van der Waals surface area contributed by atoms with Crippen LogP contribution in [-0.2, 0) is 9.53 Å². The molecule has 0 unspecified atom stereocenters. The molecule has 4 nitrogen and oxygen atoms in total. The van der Waals surface area contributed by atoms with Gasteiger partial charge in [0.1, 0.15) is 0 Å². The van der Waals surface area contributed by atoms with E-state index in [2.05, 4.69) is 36.4 Å². The lowest BCUT2D eigenvalue weighted by Gasteiger charge is -2.38. The Balaban J connectivity index is 1.91. The zero-order chi connectivity index (χ0) is 15.4. The van der Waals surface area contributed by atoms with Crippen molar-refractivity contribution in [2.24, 2.45) is 0 Å². The Morgan fingerprint density at radius 3 is 2.33 bits per heavy atom. The smallest absolute Gasteiger partial charge is 0.338 e. The van der Waals surface area contributed by atoms with E-state index in [1.54, 1.807) is 12.1 Å². The minimum atomic E-state index is -0.447. The number of carbonyl (C=O) groups excluding carboxylic acids is 2. The van der Waals surface area contributed by atoms with Crippen LogP contribution in [0.1, 0.15) is 43.5 Å². The summed E-state index contributed by atoms with van der Waals surface area (Å²) in [4.78, 5) is 26.0. The molecule has 2 rings (SSSR count). The molecule has 5 heteroatoms. The van der Waals surface area contributed by atoms with Crippen LogP contribution in [0.25, 0.3) is 0 Å². The van der Waals surface area contributed by atoms with Gasteiger partial charge in [-0.2, -0.15) is 0 Å². The molecule has 0 N–H and O–H groups in total. The number of rotatable bonds is 3. The van der Waals surface area contributed by atoms with Crippen LogP contribution in [0, 0.1) is 3.57 Å². The van der Waals surface area contributed by atoms with E-state index in [9.17, 15) is 9.59 Å². The molecule has 114 valence electrons. The van der Waals surface area contributed by atoms with E-state index in [0.717, 1.165) is 22.8 Å². The van der Waals surface area contributed by atoms with E-state index < -0.39 is 5.97 Å². The molecule has 21 heavy (non-hydrogen) atoms. The molecule has 0 radical (unpaired) electrons. The number of nitrogens with zero attached hydrogens (tertiary/aromatic N) is 1. The Bertz CT molecular complexity index is 505. The predicted octanol–water partition coefficient (Wildman–Crippen LogP) is 3.24. The molecule has 0 spiro atoms. The zero-order valence-corrected chi connectivity index (χ0v) is 14.5. The second kappa shape index (κ2) is 7.24. The van der Waals surface area contributed by atoms with Gasteiger partial charge in [0.15, 0.2) is 6.61 Å². The Kier molecular flexibility index (Phi) is 5.61. The highest BCUT2D eigenvalue weighted by Gasteiger charge is 2.29. The van der Waals surface area contributed by atoms with Crippen LogP contribution in [0.3, 0.4) is 0 Å². The van der Waals surface area contributed by atoms with Crippen molar-refractivity contribution < 1.29 is 14.3 Å². The van der Waals surface area contributed by atoms with Crippen LogP contribution < -0.4 is 0 Å². The number of likely N-dealkylation sites (tertiary alicyclic amines) is 1. The first kappa shape index (κ1) is 16.3. The number of hydrogen-bond donors (Lipinski definition) is 0. The molecule has 0 aliphatic carbocycles. The van der Waals surface area contributed by atoms with E-state index in [1.165, 1.54) is 0 Å². The van der Waals surface area contributed by atoms with Crippen molar-refractivity contribution >= 4 is 34.5 Å². The van der Waals surface area contributed by atoms with Crippen molar-refractivity contribution in [3.8, 4) is 0 Å². The van der Waals surface area contributed by atoms with E-state index in [1.807, 2.05) is 17.0 Å². The van der Waals surface area contributed by atoms with Crippen molar-refractivity contribution in [1.82, 2.24) is 4.90 Å². The molecule has 1 aliphatic rings. The zero-order valence-electron chi connectivity index (χ0n) is 12.3. The third-order valence-corrected chi connectivity index (χ3v) is 4.61. The SMILES string of the molecule is C[C@H]1CCC[C@H](C)N1C(=O)COC(=O)c1ccc(I)cc1. The highest BCUT2D eigenvalue weighted by Crippen LogP contribution is 2.22. The monoisotopic (exact) mass is 401 g/mol. The van der Waals surface area contributed by atoms with Crippen LogP contribution in [0.5, 0.6) is 0 Å². The third kappa shape index (κ3) is 4.18. The van der Waals surface area contributed by atoms with Gasteiger partial charge < -0.3 is 9.64 Å². The number of ether oxygens (including phenoxy) is 1. The maximum Gasteiger partial charge on any atom is 0.338 e.